The summed E-state index contributed by atoms with van der Waals surface area (Å²) in [5.74, 6) is 0. The minimum absolute atomic E-state index is 0.0136. The van der Waals surface area contributed by atoms with Crippen molar-refractivity contribution in [2.75, 3.05) is 18.2 Å². The summed E-state index contributed by atoms with van der Waals surface area (Å²) in [6.45, 7) is 0.365. The number of hydrogen-bond acceptors (Lipinski definition) is 8. The molecule has 7 nitrogen and oxygen atoms in total. The van der Waals surface area contributed by atoms with Crippen LogP contribution in [0.3, 0.4) is 0 Å². The van der Waals surface area contributed by atoms with Crippen LogP contribution in [0.15, 0.2) is 34.5 Å². The van der Waals surface area contributed by atoms with Crippen molar-refractivity contribution in [2.24, 2.45) is 0 Å². The zero-order valence-electron chi connectivity index (χ0n) is 12.8. The van der Waals surface area contributed by atoms with Crippen LogP contribution in [0.5, 0.6) is 0 Å². The van der Waals surface area contributed by atoms with E-state index in [1.807, 2.05) is 24.3 Å². The highest BCUT2D eigenvalue weighted by Gasteiger charge is 2.26. The van der Waals surface area contributed by atoms with Crippen molar-refractivity contribution >= 4 is 53.4 Å². The molecule has 10 heteroatoms. The van der Waals surface area contributed by atoms with Crippen molar-refractivity contribution < 1.29 is 13.3 Å². The number of anilines is 1. The lowest BCUT2D eigenvalue weighted by Gasteiger charge is -2.14. The van der Waals surface area contributed by atoms with Gasteiger partial charge in [-0.15, -0.1) is 11.3 Å². The van der Waals surface area contributed by atoms with Crippen LogP contribution in [0.4, 0.5) is 10.7 Å². The molecule has 0 saturated carbocycles. The van der Waals surface area contributed by atoms with Crippen molar-refractivity contribution in [2.45, 2.75) is 10.8 Å². The minimum Gasteiger partial charge on any atom is -0.354 e. The molecule has 0 bridgehead atoms. The lowest BCUT2D eigenvalue weighted by atomic mass is 10.3. The first kappa shape index (κ1) is 16.8. The molecule has 126 valence electrons. The molecule has 2 heterocycles. The number of rotatable bonds is 5. The number of thiazole rings is 1. The van der Waals surface area contributed by atoms with Crippen LogP contribution in [0.1, 0.15) is 5.01 Å². The Hall–Kier alpha value is -2.04. The number of fused-ring (bicyclic) bond motifs is 1. The van der Waals surface area contributed by atoms with Crippen LogP contribution in [0.2, 0.25) is 0 Å². The first-order chi connectivity index (χ1) is 11.3. The average Bonchev–Trinajstić information content (AvgIpc) is 3.10. The third-order valence-corrected chi connectivity index (χ3v) is 7.35. The molecule has 0 spiro atoms. The molecule has 2 aromatic heterocycles. The van der Waals surface area contributed by atoms with Crippen molar-refractivity contribution in [3.63, 3.8) is 0 Å². The third-order valence-electron chi connectivity index (χ3n) is 3.29. The lowest BCUT2D eigenvalue weighted by molar-refractivity contribution is -0.383. The van der Waals surface area contributed by atoms with E-state index in [1.165, 1.54) is 11.3 Å². The first-order valence-electron chi connectivity index (χ1n) is 6.79. The Bertz CT molecular complexity index is 990. The fraction of sp³-hybridized carbons (Fsp3) is 0.214. The third kappa shape index (κ3) is 3.25. The maximum atomic E-state index is 11.7. The molecule has 0 N–H and O–H groups in total. The monoisotopic (exact) mass is 383 g/mol. The predicted molar refractivity (Wildman–Crippen MR) is 95.8 cm³/mol. The number of sulfone groups is 1. The maximum absolute atomic E-state index is 11.7. The molecule has 0 aliphatic heterocycles. The zero-order valence-corrected chi connectivity index (χ0v) is 15.2. The standard InChI is InChI=1S/C14H13N3O4S3/c1-16(8-12-15-9-5-3-4-6-11(9)22-12)14-10(17(18)19)7-13(23-14)24(2,20)21/h3-7H,8H2,1-2H3. The van der Waals surface area contributed by atoms with Crippen molar-refractivity contribution in [3.8, 4) is 0 Å². The van der Waals surface area contributed by atoms with E-state index in [1.54, 1.807) is 11.9 Å². The topological polar surface area (TPSA) is 93.4 Å². The average molecular weight is 383 g/mol. The Morgan fingerprint density at radius 3 is 2.62 bits per heavy atom. The second-order valence-electron chi connectivity index (χ2n) is 5.22. The van der Waals surface area contributed by atoms with Crippen LogP contribution in [-0.2, 0) is 16.4 Å². The summed E-state index contributed by atoms with van der Waals surface area (Å²) in [6, 6.07) is 8.81. The van der Waals surface area contributed by atoms with Crippen LogP contribution >= 0.6 is 22.7 Å². The molecule has 1 aromatic carbocycles. The van der Waals surface area contributed by atoms with E-state index < -0.39 is 14.8 Å². The quantitative estimate of drug-likeness (QED) is 0.496. The lowest BCUT2D eigenvalue weighted by Crippen LogP contribution is -2.15. The highest BCUT2D eigenvalue weighted by molar-refractivity contribution is 7.92. The molecule has 24 heavy (non-hydrogen) atoms. The Balaban J connectivity index is 1.95. The van der Waals surface area contributed by atoms with E-state index in [0.717, 1.165) is 38.9 Å². The number of nitrogens with zero attached hydrogens (tertiary/aromatic N) is 3. The number of benzene rings is 1. The summed E-state index contributed by atoms with van der Waals surface area (Å²) in [5.41, 5.74) is 0.674. The Morgan fingerprint density at radius 1 is 1.29 bits per heavy atom. The number of thiophene rings is 1. The molecule has 3 rings (SSSR count). The SMILES string of the molecule is CN(Cc1nc2ccccc2s1)c1sc(S(C)(=O)=O)cc1[N+](=O)[O-]. The molecule has 0 aliphatic rings. The van der Waals surface area contributed by atoms with E-state index in [2.05, 4.69) is 4.98 Å². The largest absolute Gasteiger partial charge is 0.354 e. The van der Waals surface area contributed by atoms with Crippen LogP contribution in [0.25, 0.3) is 10.2 Å². The number of nitro groups is 1. The van der Waals surface area contributed by atoms with Gasteiger partial charge in [-0.1, -0.05) is 23.5 Å². The summed E-state index contributed by atoms with van der Waals surface area (Å²) in [5, 5.41) is 12.4. The maximum Gasteiger partial charge on any atom is 0.305 e. The Kier molecular flexibility index (Phi) is 4.28. The van der Waals surface area contributed by atoms with Gasteiger partial charge in [-0.25, -0.2) is 13.4 Å². The summed E-state index contributed by atoms with van der Waals surface area (Å²) in [4.78, 5) is 16.8. The second kappa shape index (κ2) is 6.11. The minimum atomic E-state index is -3.49. The first-order valence-corrected chi connectivity index (χ1v) is 10.3. The fourth-order valence-electron chi connectivity index (χ4n) is 2.20. The number of hydrogen-bond donors (Lipinski definition) is 0. The van der Waals surface area contributed by atoms with Gasteiger partial charge in [0, 0.05) is 19.4 Å². The van der Waals surface area contributed by atoms with Gasteiger partial charge in [-0.3, -0.25) is 10.1 Å². The molecule has 0 aliphatic carbocycles. The van der Waals surface area contributed by atoms with E-state index in [4.69, 9.17) is 0 Å². The summed E-state index contributed by atoms with van der Waals surface area (Å²) in [6.07, 6.45) is 1.04. The molecule has 0 unspecified atom stereocenters. The molecule has 0 saturated heterocycles. The molecule has 0 fully saturated rings. The van der Waals surface area contributed by atoms with E-state index in [9.17, 15) is 18.5 Å². The normalized spacial score (nSPS) is 11.8. The van der Waals surface area contributed by atoms with E-state index in [-0.39, 0.29) is 9.90 Å². The van der Waals surface area contributed by atoms with Gasteiger partial charge >= 0.3 is 5.69 Å². The predicted octanol–water partition coefficient (Wildman–Crippen LogP) is 3.31. The van der Waals surface area contributed by atoms with Crippen molar-refractivity contribution in [1.29, 1.82) is 0 Å². The van der Waals surface area contributed by atoms with Crippen molar-refractivity contribution in [3.05, 3.63) is 45.5 Å². The number of para-hydroxylation sites is 1. The van der Waals surface area contributed by atoms with Crippen LogP contribution in [0, 0.1) is 10.1 Å². The molecule has 0 radical (unpaired) electrons. The van der Waals surface area contributed by atoms with Gasteiger partial charge in [0.15, 0.2) is 14.8 Å². The van der Waals surface area contributed by atoms with Gasteiger partial charge in [-0.05, 0) is 12.1 Å². The smallest absolute Gasteiger partial charge is 0.305 e. The van der Waals surface area contributed by atoms with Crippen LogP contribution < -0.4 is 4.90 Å². The summed E-state index contributed by atoms with van der Waals surface area (Å²) >= 11 is 2.41. The van der Waals surface area contributed by atoms with Gasteiger partial charge in [-0.2, -0.15) is 0 Å². The molecular formula is C14H13N3O4S3. The number of aromatic nitrogens is 1. The molecule has 0 amide bonds. The van der Waals surface area contributed by atoms with Crippen molar-refractivity contribution in [1.82, 2.24) is 4.98 Å². The van der Waals surface area contributed by atoms with Gasteiger partial charge < -0.3 is 4.90 Å². The summed E-state index contributed by atoms with van der Waals surface area (Å²) in [7, 11) is -1.80. The fourth-order valence-corrected chi connectivity index (χ4v) is 5.21. The van der Waals surface area contributed by atoms with Crippen LogP contribution in [-0.4, -0.2) is 31.6 Å². The molecule has 3 aromatic rings. The highest BCUT2D eigenvalue weighted by atomic mass is 32.2. The molecule has 0 atom stereocenters. The van der Waals surface area contributed by atoms with Gasteiger partial charge in [0.2, 0.25) is 0 Å². The Morgan fingerprint density at radius 2 is 2.00 bits per heavy atom. The second-order valence-corrected chi connectivity index (χ2v) is 9.60. The van der Waals surface area contributed by atoms with Gasteiger partial charge in [0.1, 0.15) is 9.22 Å². The van der Waals surface area contributed by atoms with E-state index in [0.29, 0.717) is 11.5 Å². The van der Waals surface area contributed by atoms with Gasteiger partial charge in [0.25, 0.3) is 0 Å². The van der Waals surface area contributed by atoms with E-state index >= 15 is 0 Å². The zero-order chi connectivity index (χ0) is 17.5. The van der Waals surface area contributed by atoms with Gasteiger partial charge in [0.05, 0.1) is 21.7 Å². The summed E-state index contributed by atoms with van der Waals surface area (Å²) < 4.78 is 24.4. The molecular weight excluding hydrogens is 370 g/mol. The Labute approximate surface area is 146 Å². The highest BCUT2D eigenvalue weighted by Crippen LogP contribution is 2.40.